The summed E-state index contributed by atoms with van der Waals surface area (Å²) in [4.78, 5) is 25.3. The Morgan fingerprint density at radius 3 is 2.50 bits per heavy atom. The summed E-state index contributed by atoms with van der Waals surface area (Å²) in [5.74, 6) is -1.98. The predicted octanol–water partition coefficient (Wildman–Crippen LogP) is 0.961. The molecule has 0 aromatic heterocycles. The van der Waals surface area contributed by atoms with Crippen LogP contribution in [-0.4, -0.2) is 50.2 Å². The van der Waals surface area contributed by atoms with Crippen molar-refractivity contribution in [2.75, 3.05) is 6.54 Å². The lowest BCUT2D eigenvalue weighted by atomic mass is 9.75. The zero-order valence-electron chi connectivity index (χ0n) is 14.8. The largest absolute Gasteiger partial charge is 0.507 e. The highest BCUT2D eigenvalue weighted by atomic mass is 16.3. The number of phenolic OH excluding ortho intramolecular Hbond substituents is 2. The average Bonchev–Trinajstić information content (AvgIpc) is 2.57. The van der Waals surface area contributed by atoms with Crippen LogP contribution in [0.1, 0.15) is 58.5 Å². The first kappa shape index (κ1) is 18.4. The molecule has 2 atom stereocenters. The van der Waals surface area contributed by atoms with E-state index in [-0.39, 0.29) is 40.8 Å². The summed E-state index contributed by atoms with van der Waals surface area (Å²) in [6.07, 6.45) is 1.43. The van der Waals surface area contributed by atoms with E-state index in [1.54, 1.807) is 0 Å². The predicted molar refractivity (Wildman–Crippen MR) is 93.5 cm³/mol. The van der Waals surface area contributed by atoms with E-state index in [9.17, 15) is 30.0 Å². The number of aromatic hydroxyl groups is 2. The van der Waals surface area contributed by atoms with Gasteiger partial charge in [-0.2, -0.15) is 0 Å². The lowest BCUT2D eigenvalue weighted by molar-refractivity contribution is -0.0668. The highest BCUT2D eigenvalue weighted by molar-refractivity contribution is 6.26. The lowest BCUT2D eigenvalue weighted by Gasteiger charge is -2.36. The van der Waals surface area contributed by atoms with E-state index in [4.69, 9.17) is 0 Å². The number of phenols is 2. The second kappa shape index (κ2) is 6.41. The first-order valence-electron chi connectivity index (χ1n) is 8.73. The van der Waals surface area contributed by atoms with E-state index in [2.05, 4.69) is 5.32 Å². The Labute approximate surface area is 151 Å². The average molecular weight is 361 g/mol. The van der Waals surface area contributed by atoms with Gasteiger partial charge in [0.25, 0.3) is 0 Å². The number of hydrogen-bond acceptors (Lipinski definition) is 7. The van der Waals surface area contributed by atoms with Crippen LogP contribution in [0.3, 0.4) is 0 Å². The number of ketones is 2. The minimum atomic E-state index is -1.51. The molecule has 0 saturated heterocycles. The Bertz CT molecular complexity index is 824. The molecule has 1 aromatic rings. The minimum Gasteiger partial charge on any atom is -0.507 e. The highest BCUT2D eigenvalue weighted by Crippen LogP contribution is 2.45. The molecule has 7 nitrogen and oxygen atoms in total. The van der Waals surface area contributed by atoms with E-state index in [0.29, 0.717) is 6.54 Å². The monoisotopic (exact) mass is 361 g/mol. The summed E-state index contributed by atoms with van der Waals surface area (Å²) in [7, 11) is 0. The van der Waals surface area contributed by atoms with E-state index < -0.39 is 34.8 Å². The summed E-state index contributed by atoms with van der Waals surface area (Å²) in [6, 6.07) is 0. The van der Waals surface area contributed by atoms with Gasteiger partial charge in [-0.25, -0.2) is 0 Å². The number of rotatable bonds is 4. The van der Waals surface area contributed by atoms with Gasteiger partial charge in [0.2, 0.25) is 5.78 Å². The molecule has 0 radical (unpaired) electrons. The van der Waals surface area contributed by atoms with Gasteiger partial charge in [-0.15, -0.1) is 0 Å². The van der Waals surface area contributed by atoms with Gasteiger partial charge in [0.1, 0.15) is 11.5 Å². The second-order valence-electron chi connectivity index (χ2n) is 7.19. The number of allylic oxidation sites excluding steroid dienone is 2. The van der Waals surface area contributed by atoms with Crippen molar-refractivity contribution in [1.82, 2.24) is 5.32 Å². The molecule has 7 heteroatoms. The lowest BCUT2D eigenvalue weighted by Crippen LogP contribution is -2.46. The molecule has 0 saturated carbocycles. The summed E-state index contributed by atoms with van der Waals surface area (Å²) in [6.45, 7) is 3.92. The molecule has 1 aromatic carbocycles. The number of unbranched alkanes of at least 4 members (excludes halogenated alkanes) is 1. The molecule has 0 unspecified atom stereocenters. The summed E-state index contributed by atoms with van der Waals surface area (Å²) >= 11 is 0. The summed E-state index contributed by atoms with van der Waals surface area (Å²) in [5, 5.41) is 44.5. The van der Waals surface area contributed by atoms with Crippen LogP contribution in [0, 0.1) is 0 Å². The molecule has 140 valence electrons. The molecule has 3 rings (SSSR count). The molecule has 0 aliphatic heterocycles. The van der Waals surface area contributed by atoms with Crippen LogP contribution < -0.4 is 5.32 Å². The van der Waals surface area contributed by atoms with E-state index >= 15 is 0 Å². The highest BCUT2D eigenvalue weighted by Gasteiger charge is 2.42. The molecule has 0 bridgehead atoms. The normalized spacial score (nSPS) is 24.8. The number of benzene rings is 1. The molecular formula is C19H23NO6. The van der Waals surface area contributed by atoms with Crippen molar-refractivity contribution in [2.45, 2.75) is 51.2 Å². The van der Waals surface area contributed by atoms with Crippen LogP contribution >= 0.6 is 0 Å². The van der Waals surface area contributed by atoms with Gasteiger partial charge in [-0.1, -0.05) is 13.3 Å². The fourth-order valence-corrected chi connectivity index (χ4v) is 3.52. The smallest absolute Gasteiger partial charge is 0.213 e. The molecule has 0 spiro atoms. The van der Waals surface area contributed by atoms with Crippen molar-refractivity contribution in [1.29, 1.82) is 0 Å². The van der Waals surface area contributed by atoms with E-state index in [0.717, 1.165) is 18.9 Å². The van der Waals surface area contributed by atoms with Gasteiger partial charge in [0.05, 0.1) is 28.5 Å². The van der Waals surface area contributed by atoms with Gasteiger partial charge in [0.15, 0.2) is 5.78 Å². The Kier molecular flexibility index (Phi) is 4.54. The van der Waals surface area contributed by atoms with Crippen LogP contribution in [0.15, 0.2) is 11.8 Å². The van der Waals surface area contributed by atoms with E-state index in [1.807, 2.05) is 6.92 Å². The Morgan fingerprint density at radius 1 is 1.19 bits per heavy atom. The first-order chi connectivity index (χ1) is 12.2. The topological polar surface area (TPSA) is 127 Å². The number of hydrogen-bond donors (Lipinski definition) is 5. The quantitative estimate of drug-likeness (QED) is 0.399. The van der Waals surface area contributed by atoms with Crippen molar-refractivity contribution in [3.63, 3.8) is 0 Å². The maximum Gasteiger partial charge on any atom is 0.213 e. The maximum atomic E-state index is 12.8. The molecule has 2 aliphatic carbocycles. The van der Waals surface area contributed by atoms with Gasteiger partial charge in [0, 0.05) is 36.6 Å². The molecule has 5 N–H and O–H groups in total. The molecule has 0 fully saturated rings. The molecular weight excluding hydrogens is 338 g/mol. The molecule has 0 heterocycles. The van der Waals surface area contributed by atoms with Crippen molar-refractivity contribution < 1.29 is 30.0 Å². The van der Waals surface area contributed by atoms with Gasteiger partial charge >= 0.3 is 0 Å². The van der Waals surface area contributed by atoms with Crippen molar-refractivity contribution in [3.05, 3.63) is 34.0 Å². The van der Waals surface area contributed by atoms with E-state index in [1.165, 1.54) is 6.92 Å². The van der Waals surface area contributed by atoms with Crippen molar-refractivity contribution in [2.24, 2.45) is 0 Å². The number of nitrogens with one attached hydrogen (secondary N) is 1. The number of aliphatic hydroxyl groups is 2. The Morgan fingerprint density at radius 2 is 1.85 bits per heavy atom. The van der Waals surface area contributed by atoms with Crippen molar-refractivity contribution in [3.8, 4) is 11.5 Å². The fraction of sp³-hybridized carbons (Fsp3) is 0.474. The van der Waals surface area contributed by atoms with Crippen LogP contribution in [-0.2, 0) is 12.8 Å². The van der Waals surface area contributed by atoms with Crippen LogP contribution in [0.2, 0.25) is 0 Å². The van der Waals surface area contributed by atoms with Crippen molar-refractivity contribution >= 4 is 11.6 Å². The first-order valence-corrected chi connectivity index (χ1v) is 8.73. The van der Waals surface area contributed by atoms with Crippen LogP contribution in [0.5, 0.6) is 11.5 Å². The third-order valence-corrected chi connectivity index (χ3v) is 5.15. The van der Waals surface area contributed by atoms with Crippen LogP contribution in [0.4, 0.5) is 0 Å². The minimum absolute atomic E-state index is 0.0770. The number of fused-ring (bicyclic) bond motifs is 2. The Balaban J connectivity index is 2.12. The third kappa shape index (κ3) is 2.77. The van der Waals surface area contributed by atoms with Gasteiger partial charge < -0.3 is 25.7 Å². The summed E-state index contributed by atoms with van der Waals surface area (Å²) in [5.41, 5.74) is -1.55. The number of Topliss-reactive ketones (excluding diaryl/α,β-unsaturated/α-hetero) is 1. The zero-order chi connectivity index (χ0) is 19.2. The fourth-order valence-electron chi connectivity index (χ4n) is 3.52. The zero-order valence-corrected chi connectivity index (χ0v) is 14.8. The standard InChI is InChI=1S/C19H23NO6/c1-3-4-5-20-11-7-12(21)14-15(18(11)25)17(24)10-8-19(2,26)13(22)6-9(10)16(14)23/h7,13,20,22-24,26H,3-6,8H2,1-2H3/t13-,19+/m1/s1. The Hall–Kier alpha value is -2.38. The number of carbonyl (C=O) groups is 2. The molecule has 2 aliphatic rings. The second-order valence-corrected chi connectivity index (χ2v) is 7.19. The van der Waals surface area contributed by atoms with Gasteiger partial charge in [-0.3, -0.25) is 9.59 Å². The molecule has 0 amide bonds. The van der Waals surface area contributed by atoms with Crippen LogP contribution in [0.25, 0.3) is 0 Å². The SMILES string of the molecule is CCCCNC1=CC(=O)c2c(O)c3c(c(O)c2C1=O)C[C@](C)(O)[C@H](O)C3. The van der Waals surface area contributed by atoms with Gasteiger partial charge in [-0.05, 0) is 13.3 Å². The maximum absolute atomic E-state index is 12.8. The molecule has 26 heavy (non-hydrogen) atoms. The number of aliphatic hydroxyl groups excluding tert-OH is 1. The summed E-state index contributed by atoms with van der Waals surface area (Å²) < 4.78 is 0. The number of carbonyl (C=O) groups excluding carboxylic acids is 2. The third-order valence-electron chi connectivity index (χ3n) is 5.15.